The van der Waals surface area contributed by atoms with E-state index in [1.54, 1.807) is 0 Å². The van der Waals surface area contributed by atoms with Gasteiger partial charge in [0.1, 0.15) is 24.4 Å². The van der Waals surface area contributed by atoms with Crippen molar-refractivity contribution in [3.05, 3.63) is 48.6 Å². The first-order chi connectivity index (χ1) is 34.3. The van der Waals surface area contributed by atoms with Crippen molar-refractivity contribution in [2.24, 2.45) is 0 Å². The van der Waals surface area contributed by atoms with Crippen LogP contribution in [0.25, 0.3) is 0 Å². The number of aliphatic hydroxyl groups excluding tert-OH is 5. The number of ether oxygens (including phenoxy) is 2. The molecule has 0 bridgehead atoms. The Morgan fingerprint density at radius 3 is 1.31 bits per heavy atom. The molecule has 1 fully saturated rings. The van der Waals surface area contributed by atoms with Gasteiger partial charge in [0.05, 0.1) is 25.4 Å². The normalized spacial score (nSPS) is 19.7. The van der Waals surface area contributed by atoms with Crippen LogP contribution in [-0.2, 0) is 14.3 Å². The summed E-state index contributed by atoms with van der Waals surface area (Å²) in [6, 6.07) is -0.729. The average Bonchev–Trinajstić information content (AvgIpc) is 3.36. The highest BCUT2D eigenvalue weighted by Crippen LogP contribution is 2.23. The molecule has 7 atom stereocenters. The SMILES string of the molecule is CC/C=C\C/C=C\C/C=C\C/C=C\CCCCCCCCC(=O)NC(COC1OC(CO)C(O)C(O)C1O)C(O)CCCCCCCCCCCCCCCCCCCCCCCCCCCCCC. The molecule has 1 amide bonds. The number of carbonyl (C=O) groups is 1. The summed E-state index contributed by atoms with van der Waals surface area (Å²) in [7, 11) is 0. The molecule has 0 spiro atoms. The topological polar surface area (TPSA) is 149 Å². The van der Waals surface area contributed by atoms with Crippen molar-refractivity contribution in [3.8, 4) is 0 Å². The molecule has 1 aliphatic heterocycles. The molecule has 0 aliphatic carbocycles. The molecular weight excluding hydrogens is 875 g/mol. The van der Waals surface area contributed by atoms with Gasteiger partial charge in [0, 0.05) is 6.42 Å². The van der Waals surface area contributed by atoms with Gasteiger partial charge >= 0.3 is 0 Å². The lowest BCUT2D eigenvalue weighted by Crippen LogP contribution is -2.60. The van der Waals surface area contributed by atoms with Crippen molar-refractivity contribution >= 4 is 5.91 Å². The van der Waals surface area contributed by atoms with Crippen LogP contribution in [0.15, 0.2) is 48.6 Å². The van der Waals surface area contributed by atoms with Gasteiger partial charge in [-0.1, -0.05) is 268 Å². The van der Waals surface area contributed by atoms with Crippen LogP contribution in [0.1, 0.15) is 277 Å². The van der Waals surface area contributed by atoms with E-state index in [1.165, 1.54) is 173 Å². The van der Waals surface area contributed by atoms with Gasteiger partial charge in [0.25, 0.3) is 0 Å². The number of hydrogen-bond donors (Lipinski definition) is 6. The van der Waals surface area contributed by atoms with Crippen LogP contribution in [0.2, 0.25) is 0 Å². The zero-order valence-corrected chi connectivity index (χ0v) is 45.5. The standard InChI is InChI=1S/C61H113NO8/c1-3-5-7-9-11-13-15-17-19-21-23-24-25-26-27-28-29-30-31-33-34-36-38-40-42-44-46-48-50-55(64)54(53-69-61-60(68)59(67)58(66)56(52-63)70-61)62-57(65)51-49-47-45-43-41-39-37-35-32-22-20-18-16-14-12-10-8-6-4-2/h6,8,12,14,18,20,32,35,54-56,58-61,63-64,66-68H,3-5,7,9-11,13,15-17,19,21-31,33-34,36-53H2,1-2H3,(H,62,65)/b8-6-,14-12-,20-18-,35-32-. The van der Waals surface area contributed by atoms with E-state index >= 15 is 0 Å². The second-order valence-corrected chi connectivity index (χ2v) is 20.8. The lowest BCUT2D eigenvalue weighted by molar-refractivity contribution is -0.302. The molecule has 1 rings (SSSR count). The number of allylic oxidation sites excluding steroid dienone is 8. The Balaban J connectivity index is 2.18. The fourth-order valence-electron chi connectivity index (χ4n) is 9.51. The molecule has 1 saturated heterocycles. The Kier molecular flexibility index (Phi) is 47.9. The van der Waals surface area contributed by atoms with Gasteiger partial charge in [-0.25, -0.2) is 0 Å². The number of unbranched alkanes of at least 4 members (excludes halogenated alkanes) is 33. The molecule has 6 N–H and O–H groups in total. The van der Waals surface area contributed by atoms with Crippen molar-refractivity contribution in [2.75, 3.05) is 13.2 Å². The summed E-state index contributed by atoms with van der Waals surface area (Å²) < 4.78 is 11.3. The summed E-state index contributed by atoms with van der Waals surface area (Å²) in [6.07, 6.45) is 60.0. The lowest BCUT2D eigenvalue weighted by Gasteiger charge is -2.40. The van der Waals surface area contributed by atoms with E-state index in [-0.39, 0.29) is 12.5 Å². The van der Waals surface area contributed by atoms with Crippen LogP contribution in [0, 0.1) is 0 Å². The molecule has 1 heterocycles. The third-order valence-corrected chi connectivity index (χ3v) is 14.2. The van der Waals surface area contributed by atoms with Crippen molar-refractivity contribution in [1.29, 1.82) is 0 Å². The number of aliphatic hydroxyl groups is 5. The van der Waals surface area contributed by atoms with E-state index in [4.69, 9.17) is 9.47 Å². The highest BCUT2D eigenvalue weighted by molar-refractivity contribution is 5.76. The number of nitrogens with one attached hydrogen (secondary N) is 1. The van der Waals surface area contributed by atoms with Gasteiger partial charge in [0.15, 0.2) is 6.29 Å². The third-order valence-electron chi connectivity index (χ3n) is 14.2. The number of carbonyl (C=O) groups excluding carboxylic acids is 1. The van der Waals surface area contributed by atoms with E-state index < -0.39 is 49.5 Å². The van der Waals surface area contributed by atoms with Crippen LogP contribution in [0.4, 0.5) is 0 Å². The van der Waals surface area contributed by atoms with Crippen LogP contribution >= 0.6 is 0 Å². The summed E-state index contributed by atoms with van der Waals surface area (Å²) >= 11 is 0. The molecule has 1 aliphatic rings. The van der Waals surface area contributed by atoms with Gasteiger partial charge in [-0.05, 0) is 51.4 Å². The second kappa shape index (κ2) is 50.7. The Hall–Kier alpha value is -1.85. The predicted octanol–water partition coefficient (Wildman–Crippen LogP) is 14.9. The van der Waals surface area contributed by atoms with E-state index in [2.05, 4.69) is 67.8 Å². The molecule has 0 radical (unpaired) electrons. The molecule has 7 unspecified atom stereocenters. The zero-order valence-electron chi connectivity index (χ0n) is 45.5. The molecule has 70 heavy (non-hydrogen) atoms. The average molecular weight is 989 g/mol. The van der Waals surface area contributed by atoms with Crippen LogP contribution in [0.3, 0.4) is 0 Å². The fourth-order valence-corrected chi connectivity index (χ4v) is 9.51. The van der Waals surface area contributed by atoms with Crippen LogP contribution in [-0.4, -0.2) is 87.5 Å². The number of rotatable bonds is 51. The molecule has 0 saturated carbocycles. The summed E-state index contributed by atoms with van der Waals surface area (Å²) in [4.78, 5) is 13.1. The van der Waals surface area contributed by atoms with E-state index in [0.29, 0.717) is 12.8 Å². The van der Waals surface area contributed by atoms with Gasteiger partial charge < -0.3 is 40.3 Å². The summed E-state index contributed by atoms with van der Waals surface area (Å²) in [5, 5.41) is 54.7. The lowest BCUT2D eigenvalue weighted by atomic mass is 9.99. The van der Waals surface area contributed by atoms with E-state index in [1.807, 2.05) is 0 Å². The maximum absolute atomic E-state index is 13.1. The van der Waals surface area contributed by atoms with Crippen molar-refractivity contribution in [1.82, 2.24) is 5.32 Å². The van der Waals surface area contributed by atoms with E-state index in [9.17, 15) is 30.3 Å². The first-order valence-electron chi connectivity index (χ1n) is 29.8. The van der Waals surface area contributed by atoms with Gasteiger partial charge in [-0.3, -0.25) is 4.79 Å². The molecule has 9 heteroatoms. The summed E-state index contributed by atoms with van der Waals surface area (Å²) in [5.41, 5.74) is 0. The van der Waals surface area contributed by atoms with Crippen molar-refractivity contribution < 1.29 is 39.8 Å². The minimum absolute atomic E-state index is 0.144. The van der Waals surface area contributed by atoms with Gasteiger partial charge in [-0.2, -0.15) is 0 Å². The van der Waals surface area contributed by atoms with Crippen LogP contribution < -0.4 is 5.32 Å². The highest BCUT2D eigenvalue weighted by atomic mass is 16.7. The fraction of sp³-hybridized carbons (Fsp3) is 0.852. The number of hydrogen-bond acceptors (Lipinski definition) is 8. The zero-order chi connectivity index (χ0) is 50.8. The predicted molar refractivity (Wildman–Crippen MR) is 295 cm³/mol. The Bertz CT molecular complexity index is 1240. The largest absolute Gasteiger partial charge is 0.394 e. The molecule has 9 nitrogen and oxygen atoms in total. The summed E-state index contributed by atoms with van der Waals surface area (Å²) in [5.74, 6) is -0.156. The van der Waals surface area contributed by atoms with Gasteiger partial charge in [0.2, 0.25) is 5.91 Å². The Morgan fingerprint density at radius 1 is 0.500 bits per heavy atom. The monoisotopic (exact) mass is 988 g/mol. The number of amides is 1. The maximum Gasteiger partial charge on any atom is 0.220 e. The molecule has 410 valence electrons. The molecule has 0 aromatic heterocycles. The van der Waals surface area contributed by atoms with Crippen LogP contribution in [0.5, 0.6) is 0 Å². The first-order valence-corrected chi connectivity index (χ1v) is 29.8. The second-order valence-electron chi connectivity index (χ2n) is 20.8. The highest BCUT2D eigenvalue weighted by Gasteiger charge is 2.44. The Morgan fingerprint density at radius 2 is 0.886 bits per heavy atom. The minimum atomic E-state index is -1.56. The van der Waals surface area contributed by atoms with Crippen molar-refractivity contribution in [3.63, 3.8) is 0 Å². The smallest absolute Gasteiger partial charge is 0.220 e. The minimum Gasteiger partial charge on any atom is -0.394 e. The van der Waals surface area contributed by atoms with E-state index in [0.717, 1.165) is 77.0 Å². The molecule has 0 aromatic rings. The molecular formula is C61H113NO8. The Labute approximate surface area is 431 Å². The summed E-state index contributed by atoms with van der Waals surface area (Å²) in [6.45, 7) is 3.74. The van der Waals surface area contributed by atoms with Gasteiger partial charge in [-0.15, -0.1) is 0 Å². The quantitative estimate of drug-likeness (QED) is 0.0261. The van der Waals surface area contributed by atoms with Crippen molar-refractivity contribution in [2.45, 2.75) is 320 Å². The molecule has 0 aromatic carbocycles. The third kappa shape index (κ3) is 39.7. The maximum atomic E-state index is 13.1. The first kappa shape index (κ1) is 66.2.